The second kappa shape index (κ2) is 15.9. The number of carbonyl (C=O) groups excluding carboxylic acids is 2. The van der Waals surface area contributed by atoms with Crippen LogP contribution in [0.4, 0.5) is 0 Å². The molecular formula is C22H44N2O10P+. The van der Waals surface area contributed by atoms with Crippen molar-refractivity contribution < 1.29 is 51.5 Å². The maximum Gasteiger partial charge on any atom is 0.472 e. The van der Waals surface area contributed by atoms with Gasteiger partial charge in [0.1, 0.15) is 19.3 Å². The Labute approximate surface area is 208 Å². The zero-order valence-corrected chi connectivity index (χ0v) is 22.6. The fourth-order valence-corrected chi connectivity index (χ4v) is 3.83. The number of quaternary nitrogens is 1. The molecule has 0 aromatic carbocycles. The Morgan fingerprint density at radius 1 is 0.971 bits per heavy atom. The third-order valence-corrected chi connectivity index (χ3v) is 6.07. The molecule has 0 bridgehead atoms. The number of phosphoric ester groups is 1. The number of unbranched alkanes of at least 4 members (excludes halogenated alkanes) is 2. The SMILES string of the molecule is CCCCC(=O)OC1C(COP(=O)(O)OCC[N+](C)(C)C)O[C@@H](OCCN)C1OC(=O)CCCC. The van der Waals surface area contributed by atoms with Gasteiger partial charge in [0.15, 0.2) is 18.5 Å². The van der Waals surface area contributed by atoms with Gasteiger partial charge in [-0.15, -0.1) is 0 Å². The molecule has 35 heavy (non-hydrogen) atoms. The van der Waals surface area contributed by atoms with Gasteiger partial charge in [0, 0.05) is 19.4 Å². The molecule has 0 aliphatic carbocycles. The summed E-state index contributed by atoms with van der Waals surface area (Å²) in [4.78, 5) is 34.9. The van der Waals surface area contributed by atoms with Crippen LogP contribution in [0, 0.1) is 0 Å². The first-order chi connectivity index (χ1) is 16.4. The van der Waals surface area contributed by atoms with Crippen molar-refractivity contribution in [3.05, 3.63) is 0 Å². The maximum absolute atomic E-state index is 12.4. The van der Waals surface area contributed by atoms with E-state index >= 15 is 0 Å². The molecule has 4 unspecified atom stereocenters. The molecule has 1 aliphatic rings. The molecule has 1 rings (SSSR count). The lowest BCUT2D eigenvalue weighted by Gasteiger charge is -2.25. The van der Waals surface area contributed by atoms with E-state index in [1.54, 1.807) is 0 Å². The second-order valence-electron chi connectivity index (χ2n) is 9.43. The zero-order valence-electron chi connectivity index (χ0n) is 21.7. The van der Waals surface area contributed by atoms with Crippen LogP contribution in [0.5, 0.6) is 0 Å². The highest BCUT2D eigenvalue weighted by Crippen LogP contribution is 2.44. The fraction of sp³-hybridized carbons (Fsp3) is 0.909. The average Bonchev–Trinajstić information content (AvgIpc) is 3.08. The molecule has 0 spiro atoms. The number of phosphoric acid groups is 1. The molecule has 0 aromatic heterocycles. The number of nitrogens with two attached hydrogens (primary N) is 1. The maximum atomic E-state index is 12.4. The van der Waals surface area contributed by atoms with Crippen molar-refractivity contribution in [2.45, 2.75) is 77.0 Å². The molecule has 1 heterocycles. The van der Waals surface area contributed by atoms with E-state index in [4.69, 9.17) is 33.7 Å². The lowest BCUT2D eigenvalue weighted by Crippen LogP contribution is -2.42. The van der Waals surface area contributed by atoms with E-state index in [1.165, 1.54) is 0 Å². The topological polar surface area (TPSA) is 153 Å². The molecular weight excluding hydrogens is 483 g/mol. The van der Waals surface area contributed by atoms with Gasteiger partial charge in [-0.3, -0.25) is 18.6 Å². The summed E-state index contributed by atoms with van der Waals surface area (Å²) in [7, 11) is 1.34. The van der Waals surface area contributed by atoms with E-state index in [-0.39, 0.29) is 32.6 Å². The largest absolute Gasteiger partial charge is 0.472 e. The Hall–Kier alpha value is -1.11. The summed E-state index contributed by atoms with van der Waals surface area (Å²) >= 11 is 0. The zero-order chi connectivity index (χ0) is 26.5. The standard InChI is InChI=1S/C22H43N2O10P/c1-6-8-10-18(25)33-20-17(16-31-35(27,28)30-15-13-24(3,4)5)32-22(29-14-12-23)21(20)34-19(26)11-9-7-2/h17,20-22H,6-16,23H2,1-5H3/p+1/t17?,20?,21?,22-/m1/s1. The van der Waals surface area contributed by atoms with Crippen molar-refractivity contribution in [1.82, 2.24) is 0 Å². The monoisotopic (exact) mass is 527 g/mol. The summed E-state index contributed by atoms with van der Waals surface area (Å²) in [6.45, 7) is 4.20. The van der Waals surface area contributed by atoms with E-state index in [0.717, 1.165) is 12.8 Å². The van der Waals surface area contributed by atoms with Crippen molar-refractivity contribution >= 4 is 19.8 Å². The number of hydrogen-bond donors (Lipinski definition) is 2. The van der Waals surface area contributed by atoms with Gasteiger partial charge in [-0.05, 0) is 12.8 Å². The number of likely N-dealkylation sites (N-methyl/N-ethyl adjacent to an activating group) is 1. The Kier molecular flexibility index (Phi) is 14.5. The van der Waals surface area contributed by atoms with Gasteiger partial charge in [-0.1, -0.05) is 26.7 Å². The summed E-state index contributed by atoms with van der Waals surface area (Å²) in [5.74, 6) is -1.000. The fourth-order valence-electron chi connectivity index (χ4n) is 3.11. The van der Waals surface area contributed by atoms with E-state index in [1.807, 2.05) is 35.0 Å². The van der Waals surface area contributed by atoms with Gasteiger partial charge >= 0.3 is 19.8 Å². The van der Waals surface area contributed by atoms with Gasteiger partial charge < -0.3 is 34.1 Å². The third kappa shape index (κ3) is 13.1. The van der Waals surface area contributed by atoms with Crippen LogP contribution in [0.15, 0.2) is 0 Å². The van der Waals surface area contributed by atoms with Crippen LogP contribution >= 0.6 is 7.82 Å². The normalized spacial score (nSPS) is 24.2. The lowest BCUT2D eigenvalue weighted by atomic mass is 10.1. The molecule has 0 aromatic rings. The molecule has 1 fully saturated rings. The average molecular weight is 528 g/mol. The number of rotatable bonds is 18. The van der Waals surface area contributed by atoms with Gasteiger partial charge in [-0.2, -0.15) is 0 Å². The van der Waals surface area contributed by atoms with E-state index in [0.29, 0.717) is 23.9 Å². The van der Waals surface area contributed by atoms with Gasteiger partial charge in [0.25, 0.3) is 0 Å². The quantitative estimate of drug-likeness (QED) is 0.152. The van der Waals surface area contributed by atoms with Crippen molar-refractivity contribution in [3.8, 4) is 0 Å². The van der Waals surface area contributed by atoms with Crippen LogP contribution in [0.3, 0.4) is 0 Å². The van der Waals surface area contributed by atoms with Crippen molar-refractivity contribution in [2.75, 3.05) is 54.1 Å². The Balaban J connectivity index is 2.96. The Morgan fingerprint density at radius 3 is 2.06 bits per heavy atom. The van der Waals surface area contributed by atoms with Crippen LogP contribution in [-0.2, 0) is 42.1 Å². The number of ether oxygens (including phenoxy) is 4. The highest BCUT2D eigenvalue weighted by Gasteiger charge is 2.51. The summed E-state index contributed by atoms with van der Waals surface area (Å²) in [6.07, 6.45) is -1.11. The molecule has 0 saturated carbocycles. The van der Waals surface area contributed by atoms with Crippen LogP contribution in [0.1, 0.15) is 52.4 Å². The van der Waals surface area contributed by atoms with E-state index in [2.05, 4.69) is 0 Å². The van der Waals surface area contributed by atoms with Gasteiger partial charge in [0.2, 0.25) is 0 Å². The van der Waals surface area contributed by atoms with Crippen molar-refractivity contribution in [3.63, 3.8) is 0 Å². The minimum atomic E-state index is -4.41. The van der Waals surface area contributed by atoms with Crippen molar-refractivity contribution in [2.24, 2.45) is 5.73 Å². The van der Waals surface area contributed by atoms with Crippen LogP contribution < -0.4 is 5.73 Å². The first-order valence-electron chi connectivity index (χ1n) is 12.2. The smallest absolute Gasteiger partial charge is 0.455 e. The highest BCUT2D eigenvalue weighted by atomic mass is 31.2. The predicted molar refractivity (Wildman–Crippen MR) is 127 cm³/mol. The molecule has 1 saturated heterocycles. The minimum absolute atomic E-state index is 0.00185. The number of esters is 2. The Bertz CT molecular complexity index is 688. The summed E-state index contributed by atoms with van der Waals surface area (Å²) in [5, 5.41) is 0. The van der Waals surface area contributed by atoms with E-state index < -0.39 is 51.0 Å². The highest BCUT2D eigenvalue weighted by molar-refractivity contribution is 7.47. The summed E-state index contributed by atoms with van der Waals surface area (Å²) in [6, 6.07) is 0. The van der Waals surface area contributed by atoms with Gasteiger partial charge in [0.05, 0.1) is 34.4 Å². The first kappa shape index (κ1) is 31.9. The molecule has 0 amide bonds. The molecule has 206 valence electrons. The van der Waals surface area contributed by atoms with E-state index in [9.17, 15) is 19.0 Å². The molecule has 1 aliphatic heterocycles. The summed E-state index contributed by atoms with van der Waals surface area (Å²) in [5.41, 5.74) is 5.53. The predicted octanol–water partition coefficient (Wildman–Crippen LogP) is 1.73. The van der Waals surface area contributed by atoms with Crippen LogP contribution in [-0.4, -0.2) is 100.0 Å². The van der Waals surface area contributed by atoms with Crippen LogP contribution in [0.2, 0.25) is 0 Å². The van der Waals surface area contributed by atoms with Crippen molar-refractivity contribution in [1.29, 1.82) is 0 Å². The molecule has 5 atom stereocenters. The number of hydrogen-bond acceptors (Lipinski definition) is 10. The molecule has 13 heteroatoms. The number of nitrogens with zero attached hydrogens (tertiary/aromatic N) is 1. The Morgan fingerprint density at radius 2 is 1.54 bits per heavy atom. The second-order valence-corrected chi connectivity index (χ2v) is 10.9. The third-order valence-electron chi connectivity index (χ3n) is 5.09. The summed E-state index contributed by atoms with van der Waals surface area (Å²) < 4.78 is 45.6. The minimum Gasteiger partial charge on any atom is -0.455 e. The molecule has 12 nitrogen and oxygen atoms in total. The number of carbonyl (C=O) groups is 2. The lowest BCUT2D eigenvalue weighted by molar-refractivity contribution is -0.870. The van der Waals surface area contributed by atoms with Crippen LogP contribution in [0.25, 0.3) is 0 Å². The molecule has 0 radical (unpaired) electrons. The first-order valence-corrected chi connectivity index (χ1v) is 13.7. The van der Waals surface area contributed by atoms with Gasteiger partial charge in [-0.25, -0.2) is 4.57 Å². The molecule has 3 N–H and O–H groups in total.